The number of rotatable bonds is 6. The minimum Gasteiger partial charge on any atom is -0.351 e. The molecule has 148 valence electrons. The molecule has 0 aliphatic heterocycles. The van der Waals surface area contributed by atoms with Gasteiger partial charge >= 0.3 is 0 Å². The first kappa shape index (κ1) is 20.7. The molecule has 1 aromatic carbocycles. The van der Waals surface area contributed by atoms with Crippen LogP contribution in [0.2, 0.25) is 5.02 Å². The fourth-order valence-electron chi connectivity index (χ4n) is 3.15. The van der Waals surface area contributed by atoms with Crippen LogP contribution in [0.15, 0.2) is 34.2 Å². The third-order valence-corrected chi connectivity index (χ3v) is 6.05. The molecule has 0 spiro atoms. The summed E-state index contributed by atoms with van der Waals surface area (Å²) in [6.45, 7) is 8.55. The smallest absolute Gasteiger partial charge is 0.262 e. The van der Waals surface area contributed by atoms with E-state index in [2.05, 4.69) is 4.98 Å². The topological polar surface area (TPSA) is 56.9 Å². The number of fused-ring (bicyclic) bond motifs is 1. The third kappa shape index (κ3) is 4.03. The van der Waals surface area contributed by atoms with Gasteiger partial charge in [-0.2, -0.15) is 0 Å². The maximum absolute atomic E-state index is 13.0. The fourth-order valence-corrected chi connectivity index (χ4v) is 4.22. The van der Waals surface area contributed by atoms with Gasteiger partial charge in [0.15, 0.2) is 10.9 Å². The molecule has 0 radical (unpaired) electrons. The van der Waals surface area contributed by atoms with Gasteiger partial charge in [0.25, 0.3) is 5.56 Å². The van der Waals surface area contributed by atoms with Crippen molar-refractivity contribution in [2.24, 2.45) is 13.0 Å². The Morgan fingerprint density at radius 1 is 1.25 bits per heavy atom. The SMILES string of the molecule is Cc1cc(C(=O)CSc2nc3ccc(Cl)cc3c(=O)n2CC(C)C)c(C)n1C. The number of hydrogen-bond donors (Lipinski definition) is 0. The van der Waals surface area contributed by atoms with E-state index in [0.29, 0.717) is 27.6 Å². The van der Waals surface area contributed by atoms with Crippen molar-refractivity contribution in [3.05, 3.63) is 56.6 Å². The normalized spacial score (nSPS) is 11.5. The first-order valence-electron chi connectivity index (χ1n) is 9.18. The number of Topliss-reactive ketones (excluding diaryl/α,β-unsaturated/α-hetero) is 1. The number of benzene rings is 1. The second-order valence-corrected chi connectivity index (χ2v) is 8.80. The zero-order chi connectivity index (χ0) is 20.6. The number of aryl methyl sites for hydroxylation is 1. The highest BCUT2D eigenvalue weighted by Crippen LogP contribution is 2.23. The lowest BCUT2D eigenvalue weighted by molar-refractivity contribution is 0.102. The Hall–Kier alpha value is -2.05. The predicted molar refractivity (Wildman–Crippen MR) is 116 cm³/mol. The first-order valence-corrected chi connectivity index (χ1v) is 10.5. The number of nitrogens with zero attached hydrogens (tertiary/aromatic N) is 3. The summed E-state index contributed by atoms with van der Waals surface area (Å²) in [7, 11) is 1.95. The molecule has 2 aromatic heterocycles. The van der Waals surface area contributed by atoms with Gasteiger partial charge in [-0.1, -0.05) is 37.2 Å². The Kier molecular flexibility index (Phi) is 6.01. The highest BCUT2D eigenvalue weighted by atomic mass is 35.5. The monoisotopic (exact) mass is 417 g/mol. The first-order chi connectivity index (χ1) is 13.2. The lowest BCUT2D eigenvalue weighted by atomic mass is 10.2. The average Bonchev–Trinajstić information content (AvgIpc) is 2.90. The van der Waals surface area contributed by atoms with E-state index in [-0.39, 0.29) is 23.0 Å². The predicted octanol–water partition coefficient (Wildman–Crippen LogP) is 4.64. The van der Waals surface area contributed by atoms with Crippen LogP contribution in [0.1, 0.15) is 35.6 Å². The van der Waals surface area contributed by atoms with Crippen molar-refractivity contribution in [3.8, 4) is 0 Å². The van der Waals surface area contributed by atoms with E-state index < -0.39 is 0 Å². The molecule has 0 amide bonds. The highest BCUT2D eigenvalue weighted by molar-refractivity contribution is 7.99. The molecule has 2 heterocycles. The van der Waals surface area contributed by atoms with Gasteiger partial charge in [0.2, 0.25) is 0 Å². The van der Waals surface area contributed by atoms with Crippen molar-refractivity contribution in [1.82, 2.24) is 14.1 Å². The van der Waals surface area contributed by atoms with Crippen molar-refractivity contribution >= 4 is 40.0 Å². The van der Waals surface area contributed by atoms with Crippen LogP contribution in [-0.4, -0.2) is 25.7 Å². The summed E-state index contributed by atoms with van der Waals surface area (Å²) in [5, 5.41) is 1.57. The number of carbonyl (C=O) groups excluding carboxylic acids is 1. The molecular formula is C21H24ClN3O2S. The molecule has 3 rings (SSSR count). The Labute approximate surface area is 173 Å². The number of halogens is 1. The standard InChI is InChI=1S/C21H24ClN3O2S/c1-12(2)10-25-20(27)17-9-15(22)6-7-18(17)23-21(25)28-11-19(26)16-8-13(3)24(5)14(16)4/h6-9,12H,10-11H2,1-5H3. The lowest BCUT2D eigenvalue weighted by Gasteiger charge is -2.15. The molecule has 0 unspecified atom stereocenters. The molecule has 0 aliphatic carbocycles. The van der Waals surface area contributed by atoms with Crippen LogP contribution in [0, 0.1) is 19.8 Å². The summed E-state index contributed by atoms with van der Waals surface area (Å²) < 4.78 is 3.66. The van der Waals surface area contributed by atoms with Gasteiger partial charge in [-0.25, -0.2) is 4.98 Å². The minimum atomic E-state index is -0.122. The molecular weight excluding hydrogens is 394 g/mol. The molecule has 0 fully saturated rings. The number of ketones is 1. The molecule has 0 atom stereocenters. The molecule has 0 aliphatic rings. The van der Waals surface area contributed by atoms with Gasteiger partial charge in [0.1, 0.15) is 0 Å². The zero-order valence-electron chi connectivity index (χ0n) is 16.7. The Balaban J connectivity index is 1.97. The van der Waals surface area contributed by atoms with Crippen LogP contribution < -0.4 is 5.56 Å². The Morgan fingerprint density at radius 3 is 2.57 bits per heavy atom. The van der Waals surface area contributed by atoms with Gasteiger partial charge in [-0.15, -0.1) is 0 Å². The largest absolute Gasteiger partial charge is 0.351 e. The van der Waals surface area contributed by atoms with Crippen LogP contribution in [0.3, 0.4) is 0 Å². The van der Waals surface area contributed by atoms with Gasteiger partial charge in [-0.05, 0) is 44.0 Å². The van der Waals surface area contributed by atoms with E-state index >= 15 is 0 Å². The zero-order valence-corrected chi connectivity index (χ0v) is 18.3. The number of aromatic nitrogens is 3. The minimum absolute atomic E-state index is 0.0350. The van der Waals surface area contributed by atoms with Crippen molar-refractivity contribution in [3.63, 3.8) is 0 Å². The molecule has 0 N–H and O–H groups in total. The molecule has 28 heavy (non-hydrogen) atoms. The molecule has 5 nitrogen and oxygen atoms in total. The van der Waals surface area contributed by atoms with Gasteiger partial charge in [0.05, 0.1) is 16.7 Å². The summed E-state index contributed by atoms with van der Waals surface area (Å²) in [6, 6.07) is 7.03. The molecule has 3 aromatic rings. The van der Waals surface area contributed by atoms with E-state index in [1.54, 1.807) is 22.8 Å². The van der Waals surface area contributed by atoms with Crippen molar-refractivity contribution < 1.29 is 4.79 Å². The quantitative estimate of drug-likeness (QED) is 0.333. The highest BCUT2D eigenvalue weighted by Gasteiger charge is 2.18. The van der Waals surface area contributed by atoms with Gasteiger partial charge < -0.3 is 4.57 Å². The van der Waals surface area contributed by atoms with Crippen LogP contribution in [-0.2, 0) is 13.6 Å². The van der Waals surface area contributed by atoms with Crippen molar-refractivity contribution in [2.45, 2.75) is 39.4 Å². The summed E-state index contributed by atoms with van der Waals surface area (Å²) in [6.07, 6.45) is 0. The number of hydrogen-bond acceptors (Lipinski definition) is 4. The van der Waals surface area contributed by atoms with Crippen LogP contribution >= 0.6 is 23.4 Å². The van der Waals surface area contributed by atoms with E-state index in [1.807, 2.05) is 45.4 Å². The number of thioether (sulfide) groups is 1. The fraction of sp³-hybridized carbons (Fsp3) is 0.381. The Bertz CT molecular complexity index is 1120. The maximum Gasteiger partial charge on any atom is 0.262 e. The second kappa shape index (κ2) is 8.13. The summed E-state index contributed by atoms with van der Waals surface area (Å²) >= 11 is 7.37. The average molecular weight is 418 g/mol. The molecule has 0 saturated carbocycles. The Morgan fingerprint density at radius 2 is 1.96 bits per heavy atom. The molecule has 7 heteroatoms. The van der Waals surface area contributed by atoms with E-state index in [4.69, 9.17) is 11.6 Å². The van der Waals surface area contributed by atoms with Crippen LogP contribution in [0.4, 0.5) is 0 Å². The summed E-state index contributed by atoms with van der Waals surface area (Å²) in [5.41, 5.74) is 3.18. The van der Waals surface area contributed by atoms with Crippen LogP contribution in [0.5, 0.6) is 0 Å². The van der Waals surface area contributed by atoms with Gasteiger partial charge in [0, 0.05) is 35.6 Å². The molecule has 0 bridgehead atoms. The van der Waals surface area contributed by atoms with E-state index in [9.17, 15) is 9.59 Å². The third-order valence-electron chi connectivity index (χ3n) is 4.84. The van der Waals surface area contributed by atoms with Crippen LogP contribution in [0.25, 0.3) is 10.9 Å². The molecule has 0 saturated heterocycles. The van der Waals surface area contributed by atoms with E-state index in [0.717, 1.165) is 17.0 Å². The van der Waals surface area contributed by atoms with Crippen molar-refractivity contribution in [1.29, 1.82) is 0 Å². The van der Waals surface area contributed by atoms with Crippen molar-refractivity contribution in [2.75, 3.05) is 5.75 Å². The lowest BCUT2D eigenvalue weighted by Crippen LogP contribution is -2.25. The second-order valence-electron chi connectivity index (χ2n) is 7.42. The van der Waals surface area contributed by atoms with Gasteiger partial charge in [-0.3, -0.25) is 14.2 Å². The number of carbonyl (C=O) groups is 1. The summed E-state index contributed by atoms with van der Waals surface area (Å²) in [5.74, 6) is 0.534. The maximum atomic E-state index is 13.0. The summed E-state index contributed by atoms with van der Waals surface area (Å²) in [4.78, 5) is 30.4. The van der Waals surface area contributed by atoms with E-state index in [1.165, 1.54) is 11.8 Å².